The predicted octanol–water partition coefficient (Wildman–Crippen LogP) is 3.48. The van der Waals surface area contributed by atoms with Crippen molar-refractivity contribution in [3.05, 3.63) is 65.2 Å². The van der Waals surface area contributed by atoms with Gasteiger partial charge in [0.1, 0.15) is 5.75 Å². The summed E-state index contributed by atoms with van der Waals surface area (Å²) in [6, 6.07) is 15.5. The van der Waals surface area contributed by atoms with Gasteiger partial charge < -0.3 is 15.2 Å². The van der Waals surface area contributed by atoms with Gasteiger partial charge in [-0.3, -0.25) is 9.59 Å². The van der Waals surface area contributed by atoms with Crippen molar-refractivity contribution in [2.24, 2.45) is 0 Å². The number of halogens is 1. The Labute approximate surface area is 151 Å². The molecule has 6 heteroatoms. The molecule has 0 aromatic heterocycles. The number of carbonyl (C=O) groups is 2. The summed E-state index contributed by atoms with van der Waals surface area (Å²) in [6.45, 7) is 3.20. The molecule has 0 aliphatic rings. The highest BCUT2D eigenvalue weighted by Crippen LogP contribution is 2.22. The molecule has 0 aliphatic carbocycles. The number of hydrogen-bond acceptors (Lipinski definition) is 3. The first-order valence-electron chi connectivity index (χ1n) is 7.80. The van der Waals surface area contributed by atoms with Crippen molar-refractivity contribution < 1.29 is 19.4 Å². The Morgan fingerprint density at radius 3 is 2.44 bits per heavy atom. The number of nitrogens with one attached hydrogen (secondary N) is 1. The Hall–Kier alpha value is -2.53. The molecule has 1 amide bonds. The lowest BCUT2D eigenvalue weighted by atomic mass is 9.99. The van der Waals surface area contributed by atoms with Crippen molar-refractivity contribution >= 4 is 23.5 Å². The molecule has 2 rings (SSSR count). The second-order valence-corrected chi connectivity index (χ2v) is 6.52. The monoisotopic (exact) mass is 361 g/mol. The van der Waals surface area contributed by atoms with Gasteiger partial charge in [-0.1, -0.05) is 48.0 Å². The van der Waals surface area contributed by atoms with Gasteiger partial charge in [0.25, 0.3) is 5.91 Å². The van der Waals surface area contributed by atoms with Gasteiger partial charge in [0.15, 0.2) is 5.60 Å². The molecule has 0 radical (unpaired) electrons. The van der Waals surface area contributed by atoms with Crippen molar-refractivity contribution in [2.45, 2.75) is 25.4 Å². The fraction of sp³-hybridized carbons (Fsp3) is 0.263. The van der Waals surface area contributed by atoms with Crippen molar-refractivity contribution in [1.82, 2.24) is 5.32 Å². The Morgan fingerprint density at radius 1 is 1.16 bits per heavy atom. The zero-order chi connectivity index (χ0) is 18.4. The van der Waals surface area contributed by atoms with E-state index in [0.29, 0.717) is 16.3 Å². The van der Waals surface area contributed by atoms with Crippen molar-refractivity contribution in [1.29, 1.82) is 0 Å². The summed E-state index contributed by atoms with van der Waals surface area (Å²) in [4.78, 5) is 23.9. The van der Waals surface area contributed by atoms with Gasteiger partial charge in [-0.05, 0) is 37.6 Å². The van der Waals surface area contributed by atoms with Crippen LogP contribution >= 0.6 is 11.6 Å². The van der Waals surface area contributed by atoms with Crippen LogP contribution in [0.4, 0.5) is 0 Å². The van der Waals surface area contributed by atoms with E-state index >= 15 is 0 Å². The second-order valence-electron chi connectivity index (χ2n) is 6.08. The first kappa shape index (κ1) is 18.8. The summed E-state index contributed by atoms with van der Waals surface area (Å²) >= 11 is 5.91. The number of carboxylic acid groups (broad SMARTS) is 1. The molecule has 0 spiro atoms. The number of benzene rings is 2. The standard InChI is InChI=1S/C19H20ClNO4/c1-19(2,25-15-10-6-9-14(20)11-15)18(24)21-12-16(17(22)23)13-7-4-3-5-8-13/h3-11,16H,12H2,1-2H3,(H,21,24)(H,22,23). The van der Waals surface area contributed by atoms with Gasteiger partial charge in [0, 0.05) is 11.6 Å². The lowest BCUT2D eigenvalue weighted by molar-refractivity contribution is -0.139. The molecule has 0 saturated heterocycles. The van der Waals surface area contributed by atoms with Crippen LogP contribution in [0, 0.1) is 0 Å². The van der Waals surface area contributed by atoms with Crippen LogP contribution in [0.25, 0.3) is 0 Å². The largest absolute Gasteiger partial charge is 0.481 e. The number of amides is 1. The molecule has 2 aromatic rings. The lowest BCUT2D eigenvalue weighted by Gasteiger charge is -2.26. The lowest BCUT2D eigenvalue weighted by Crippen LogP contribution is -2.48. The van der Waals surface area contributed by atoms with E-state index in [1.54, 1.807) is 62.4 Å². The molecular weight excluding hydrogens is 342 g/mol. The molecule has 1 unspecified atom stereocenters. The SMILES string of the molecule is CC(C)(Oc1cccc(Cl)c1)C(=O)NCC(C(=O)O)c1ccccc1. The number of hydrogen-bond donors (Lipinski definition) is 2. The zero-order valence-electron chi connectivity index (χ0n) is 14.0. The topological polar surface area (TPSA) is 75.6 Å². The van der Waals surface area contributed by atoms with Crippen molar-refractivity contribution in [2.75, 3.05) is 6.54 Å². The van der Waals surface area contributed by atoms with E-state index < -0.39 is 23.4 Å². The summed E-state index contributed by atoms with van der Waals surface area (Å²) < 4.78 is 5.70. The molecule has 2 aromatic carbocycles. The summed E-state index contributed by atoms with van der Waals surface area (Å²) in [5.74, 6) is -1.77. The molecule has 0 aliphatic heterocycles. The van der Waals surface area contributed by atoms with Gasteiger partial charge in [0.2, 0.25) is 0 Å². The third kappa shape index (κ3) is 5.22. The van der Waals surface area contributed by atoms with Crippen LogP contribution in [-0.4, -0.2) is 29.1 Å². The van der Waals surface area contributed by atoms with Crippen molar-refractivity contribution in [3.8, 4) is 5.75 Å². The minimum absolute atomic E-state index is 0.0273. The smallest absolute Gasteiger partial charge is 0.312 e. The Morgan fingerprint density at radius 2 is 1.84 bits per heavy atom. The first-order chi connectivity index (χ1) is 11.8. The van der Waals surface area contributed by atoms with E-state index in [4.69, 9.17) is 16.3 Å². The predicted molar refractivity (Wildman–Crippen MR) is 96.0 cm³/mol. The quantitative estimate of drug-likeness (QED) is 0.791. The molecule has 25 heavy (non-hydrogen) atoms. The minimum Gasteiger partial charge on any atom is -0.481 e. The van der Waals surface area contributed by atoms with Gasteiger partial charge in [0.05, 0.1) is 5.92 Å². The number of aliphatic carboxylic acids is 1. The molecular formula is C19H20ClNO4. The van der Waals surface area contributed by atoms with E-state index in [9.17, 15) is 14.7 Å². The third-order valence-electron chi connectivity index (χ3n) is 3.68. The van der Waals surface area contributed by atoms with E-state index in [2.05, 4.69) is 5.32 Å². The molecule has 0 bridgehead atoms. The van der Waals surface area contributed by atoms with Crippen LogP contribution in [0.5, 0.6) is 5.75 Å². The van der Waals surface area contributed by atoms with Gasteiger partial charge in [-0.15, -0.1) is 0 Å². The molecule has 2 N–H and O–H groups in total. The van der Waals surface area contributed by atoms with E-state index in [1.807, 2.05) is 6.07 Å². The molecule has 0 heterocycles. The van der Waals surface area contributed by atoms with Crippen LogP contribution in [0.1, 0.15) is 25.3 Å². The summed E-state index contributed by atoms with van der Waals surface area (Å²) in [6.07, 6.45) is 0. The van der Waals surface area contributed by atoms with Crippen LogP contribution in [0.2, 0.25) is 5.02 Å². The van der Waals surface area contributed by atoms with Crippen LogP contribution in [-0.2, 0) is 9.59 Å². The third-order valence-corrected chi connectivity index (χ3v) is 3.92. The fourth-order valence-electron chi connectivity index (χ4n) is 2.31. The maximum atomic E-state index is 12.5. The number of ether oxygens (including phenoxy) is 1. The number of rotatable bonds is 7. The highest BCUT2D eigenvalue weighted by atomic mass is 35.5. The molecule has 1 atom stereocenters. The Bertz CT molecular complexity index is 746. The molecule has 0 fully saturated rings. The maximum absolute atomic E-state index is 12.5. The van der Waals surface area contributed by atoms with Gasteiger partial charge >= 0.3 is 5.97 Å². The van der Waals surface area contributed by atoms with Crippen molar-refractivity contribution in [3.63, 3.8) is 0 Å². The summed E-state index contributed by atoms with van der Waals surface area (Å²) in [5.41, 5.74) is -0.548. The second kappa shape index (κ2) is 8.03. The average Bonchev–Trinajstić information content (AvgIpc) is 2.55. The maximum Gasteiger partial charge on any atom is 0.312 e. The van der Waals surface area contributed by atoms with E-state index in [1.165, 1.54) is 0 Å². The molecule has 132 valence electrons. The summed E-state index contributed by atoms with van der Waals surface area (Å²) in [5, 5.41) is 12.6. The van der Waals surface area contributed by atoms with E-state index in [0.717, 1.165) is 0 Å². The van der Waals surface area contributed by atoms with Gasteiger partial charge in [-0.2, -0.15) is 0 Å². The van der Waals surface area contributed by atoms with Crippen LogP contribution in [0.3, 0.4) is 0 Å². The average molecular weight is 362 g/mol. The van der Waals surface area contributed by atoms with Crippen LogP contribution in [0.15, 0.2) is 54.6 Å². The summed E-state index contributed by atoms with van der Waals surface area (Å²) in [7, 11) is 0. The van der Waals surface area contributed by atoms with E-state index in [-0.39, 0.29) is 6.54 Å². The first-order valence-corrected chi connectivity index (χ1v) is 8.18. The van der Waals surface area contributed by atoms with Gasteiger partial charge in [-0.25, -0.2) is 0 Å². The molecule has 5 nitrogen and oxygen atoms in total. The minimum atomic E-state index is -1.18. The normalized spacial score (nSPS) is 12.3. The Balaban J connectivity index is 2.03. The molecule has 0 saturated carbocycles. The number of carboxylic acids is 1. The highest BCUT2D eigenvalue weighted by molar-refractivity contribution is 6.30. The highest BCUT2D eigenvalue weighted by Gasteiger charge is 2.31. The zero-order valence-corrected chi connectivity index (χ0v) is 14.8. The van der Waals surface area contributed by atoms with Crippen LogP contribution < -0.4 is 10.1 Å². The Kier molecular flexibility index (Phi) is 6.04. The fourth-order valence-corrected chi connectivity index (χ4v) is 2.49. The number of carbonyl (C=O) groups excluding carboxylic acids is 1.